The second-order valence-electron chi connectivity index (χ2n) is 9.24. The summed E-state index contributed by atoms with van der Waals surface area (Å²) in [4.78, 5) is 18.6. The zero-order chi connectivity index (χ0) is 31.8. The summed E-state index contributed by atoms with van der Waals surface area (Å²) in [5.41, 5.74) is 9.63. The van der Waals surface area contributed by atoms with Crippen molar-refractivity contribution in [2.24, 2.45) is 16.8 Å². The van der Waals surface area contributed by atoms with Gasteiger partial charge in [-0.3, -0.25) is 14.7 Å². The molecule has 2 rings (SSSR count). The van der Waals surface area contributed by atoms with Crippen molar-refractivity contribution in [3.05, 3.63) is 77.3 Å². The van der Waals surface area contributed by atoms with E-state index in [2.05, 4.69) is 40.7 Å². The molecule has 230 valence electrons. The second-order valence-corrected chi connectivity index (χ2v) is 9.69. The van der Waals surface area contributed by atoms with Crippen LogP contribution >= 0.6 is 11.6 Å². The van der Waals surface area contributed by atoms with Gasteiger partial charge in [0.2, 0.25) is 5.91 Å². The SMILES string of the molecule is C=C/C=C\C/C(Cl)=C(/F)C(C)N(N)/C(=N\N)c1cc(-c2ccc(CN(CC)CCC)c(NC(C)=O)c2)cnc1N.CC. The Hall–Kier alpha value is -3.73. The highest BCUT2D eigenvalue weighted by molar-refractivity contribution is 6.30. The third-order valence-electron chi connectivity index (χ3n) is 6.27. The summed E-state index contributed by atoms with van der Waals surface area (Å²) < 4.78 is 15.1. The molecule has 7 N–H and O–H groups in total. The van der Waals surface area contributed by atoms with Crippen LogP contribution in [0.4, 0.5) is 15.9 Å². The van der Waals surface area contributed by atoms with E-state index in [0.717, 1.165) is 35.6 Å². The first kappa shape index (κ1) is 36.3. The number of carbonyl (C=O) groups is 1. The lowest BCUT2D eigenvalue weighted by molar-refractivity contribution is -0.114. The Bertz CT molecular complexity index is 1280. The summed E-state index contributed by atoms with van der Waals surface area (Å²) in [6.07, 6.45) is 7.72. The Morgan fingerprint density at radius 3 is 2.52 bits per heavy atom. The van der Waals surface area contributed by atoms with Crippen LogP contribution in [0.3, 0.4) is 0 Å². The lowest BCUT2D eigenvalue weighted by Crippen LogP contribution is -2.46. The van der Waals surface area contributed by atoms with Crippen LogP contribution in [0.5, 0.6) is 0 Å². The van der Waals surface area contributed by atoms with E-state index in [4.69, 9.17) is 29.0 Å². The number of anilines is 2. The molecule has 0 saturated carbocycles. The largest absolute Gasteiger partial charge is 0.383 e. The van der Waals surface area contributed by atoms with Crippen LogP contribution in [-0.2, 0) is 11.3 Å². The number of hydrogen-bond acceptors (Lipinski definition) is 7. The first-order chi connectivity index (χ1) is 20.1. The normalized spacial score (nSPS) is 12.9. The van der Waals surface area contributed by atoms with Crippen LogP contribution in [0.1, 0.15) is 65.5 Å². The van der Waals surface area contributed by atoms with Crippen molar-refractivity contribution in [1.29, 1.82) is 0 Å². The molecule has 2 aromatic rings. The second kappa shape index (κ2) is 18.7. The van der Waals surface area contributed by atoms with Crippen LogP contribution in [0.2, 0.25) is 0 Å². The van der Waals surface area contributed by atoms with E-state index in [1.165, 1.54) is 13.8 Å². The smallest absolute Gasteiger partial charge is 0.221 e. The molecule has 0 radical (unpaired) electrons. The zero-order valence-electron chi connectivity index (χ0n) is 25.6. The fraction of sp³-hybridized carbons (Fsp3) is 0.387. The van der Waals surface area contributed by atoms with Crippen LogP contribution in [0.15, 0.2) is 71.2 Å². The summed E-state index contributed by atoms with van der Waals surface area (Å²) >= 11 is 6.15. The van der Waals surface area contributed by atoms with Gasteiger partial charge in [0, 0.05) is 37.3 Å². The quantitative estimate of drug-likeness (QED) is 0.0697. The van der Waals surface area contributed by atoms with Gasteiger partial charge in [-0.1, -0.05) is 76.2 Å². The van der Waals surface area contributed by atoms with Crippen LogP contribution in [0, 0.1) is 0 Å². The lowest BCUT2D eigenvalue weighted by atomic mass is 10.0. The lowest BCUT2D eigenvalue weighted by Gasteiger charge is -2.27. The van der Waals surface area contributed by atoms with Crippen molar-refractivity contribution < 1.29 is 9.18 Å². The number of amides is 1. The number of amidine groups is 1. The van der Waals surface area contributed by atoms with Crippen LogP contribution < -0.4 is 22.7 Å². The minimum absolute atomic E-state index is 0.0107. The summed E-state index contributed by atoms with van der Waals surface area (Å²) in [7, 11) is 0. The van der Waals surface area contributed by atoms with Gasteiger partial charge in [-0.15, -0.1) is 0 Å². The summed E-state index contributed by atoms with van der Waals surface area (Å²) in [5.74, 6) is 11.3. The highest BCUT2D eigenvalue weighted by Crippen LogP contribution is 2.29. The molecule has 9 nitrogen and oxygen atoms in total. The summed E-state index contributed by atoms with van der Waals surface area (Å²) in [6, 6.07) is 6.53. The van der Waals surface area contributed by atoms with Crippen molar-refractivity contribution in [3.63, 3.8) is 0 Å². The number of pyridine rings is 1. The van der Waals surface area contributed by atoms with Crippen molar-refractivity contribution in [2.75, 3.05) is 24.1 Å². The Balaban J connectivity index is 0.00000431. The topological polar surface area (TPSA) is 139 Å². The van der Waals surface area contributed by atoms with Crippen molar-refractivity contribution in [3.8, 4) is 11.1 Å². The standard InChI is InChI=1S/C29H40ClFN8O.C2H6/c1-6-9-10-11-25(30)27(31)19(4)39(34)29(37-33)24-15-23(17-35-28(24)32)21-12-13-22(18-38(8-3)14-7-2)26(16-21)36-20(5)40;1-2/h6,9-10,12-13,15-17,19H,1,7-8,11,14,18,33-34H2,2-5H3,(H2,32,35)(H,36,40);1-2H3/b10-9-,27-25-,37-29-;. The highest BCUT2D eigenvalue weighted by atomic mass is 35.5. The molecule has 1 aromatic heterocycles. The predicted octanol–water partition coefficient (Wildman–Crippen LogP) is 6.28. The van der Waals surface area contributed by atoms with Gasteiger partial charge >= 0.3 is 0 Å². The molecule has 1 aromatic carbocycles. The molecule has 0 aliphatic heterocycles. The fourth-order valence-corrected chi connectivity index (χ4v) is 4.34. The maximum atomic E-state index is 15.1. The van der Waals surface area contributed by atoms with E-state index in [0.29, 0.717) is 23.4 Å². The molecule has 0 saturated heterocycles. The molecule has 0 spiro atoms. The number of allylic oxidation sites excluding steroid dienone is 4. The minimum Gasteiger partial charge on any atom is -0.383 e. The van der Waals surface area contributed by atoms with Crippen LogP contribution in [-0.4, -0.2) is 45.8 Å². The van der Waals surface area contributed by atoms with Gasteiger partial charge in [0.1, 0.15) is 11.6 Å². The molecule has 1 amide bonds. The molecule has 0 aliphatic carbocycles. The van der Waals surface area contributed by atoms with Gasteiger partial charge < -0.3 is 16.9 Å². The molecular weight excluding hydrogens is 555 g/mol. The Kier molecular flexibility index (Phi) is 16.1. The van der Waals surface area contributed by atoms with E-state index in [-0.39, 0.29) is 29.0 Å². The summed E-state index contributed by atoms with van der Waals surface area (Å²) in [6.45, 7) is 17.4. The summed E-state index contributed by atoms with van der Waals surface area (Å²) in [5, 5.41) is 7.79. The molecule has 1 atom stereocenters. The number of benzene rings is 1. The van der Waals surface area contributed by atoms with E-state index >= 15 is 4.39 Å². The van der Waals surface area contributed by atoms with Gasteiger partial charge in [0.25, 0.3) is 0 Å². The molecule has 0 aliphatic rings. The average molecular weight is 601 g/mol. The minimum atomic E-state index is -0.995. The van der Waals surface area contributed by atoms with Gasteiger partial charge in [0.15, 0.2) is 5.84 Å². The molecule has 0 bridgehead atoms. The Morgan fingerprint density at radius 2 is 1.95 bits per heavy atom. The molecule has 0 fully saturated rings. The third-order valence-corrected chi connectivity index (χ3v) is 6.61. The first-order valence-corrected chi connectivity index (χ1v) is 14.5. The van der Waals surface area contributed by atoms with Gasteiger partial charge in [-0.05, 0) is 49.7 Å². The van der Waals surface area contributed by atoms with E-state index < -0.39 is 11.9 Å². The third kappa shape index (κ3) is 10.3. The van der Waals surface area contributed by atoms with Gasteiger partial charge in [-0.2, -0.15) is 5.10 Å². The van der Waals surface area contributed by atoms with Crippen molar-refractivity contribution >= 4 is 34.8 Å². The predicted molar refractivity (Wildman–Crippen MR) is 175 cm³/mol. The van der Waals surface area contributed by atoms with Crippen molar-refractivity contribution in [1.82, 2.24) is 14.9 Å². The number of hydrazone groups is 1. The maximum absolute atomic E-state index is 15.1. The number of carbonyl (C=O) groups excluding carboxylic acids is 1. The number of nitrogens with two attached hydrogens (primary N) is 3. The molecule has 42 heavy (non-hydrogen) atoms. The number of aromatic nitrogens is 1. The molecule has 1 unspecified atom stereocenters. The van der Waals surface area contributed by atoms with E-state index in [1.807, 2.05) is 32.0 Å². The Morgan fingerprint density at radius 1 is 1.26 bits per heavy atom. The van der Waals surface area contributed by atoms with Gasteiger partial charge in [0.05, 0.1) is 16.6 Å². The number of rotatable bonds is 13. The van der Waals surface area contributed by atoms with E-state index in [1.54, 1.807) is 30.5 Å². The maximum Gasteiger partial charge on any atom is 0.221 e. The first-order valence-electron chi connectivity index (χ1n) is 14.1. The molecule has 1 heterocycles. The molecule has 11 heteroatoms. The number of nitrogens with one attached hydrogen (secondary N) is 1. The number of halogens is 2. The number of nitrogens with zero attached hydrogens (tertiary/aromatic N) is 4. The van der Waals surface area contributed by atoms with Crippen molar-refractivity contribution in [2.45, 2.75) is 67.0 Å². The number of nitrogen functional groups attached to an aromatic ring is 1. The number of hydrogen-bond donors (Lipinski definition) is 4. The fourth-order valence-electron chi connectivity index (χ4n) is 4.09. The highest BCUT2D eigenvalue weighted by Gasteiger charge is 2.25. The number of hydrazine groups is 1. The molecular formula is C31H46ClFN8O. The van der Waals surface area contributed by atoms with E-state index in [9.17, 15) is 4.79 Å². The van der Waals surface area contributed by atoms with Gasteiger partial charge in [-0.25, -0.2) is 15.2 Å². The monoisotopic (exact) mass is 600 g/mol. The zero-order valence-corrected chi connectivity index (χ0v) is 26.4. The van der Waals surface area contributed by atoms with Crippen LogP contribution in [0.25, 0.3) is 11.1 Å². The average Bonchev–Trinajstić information content (AvgIpc) is 2.98. The Labute approximate surface area is 254 Å².